The normalized spacial score (nSPS) is 13.8. The van der Waals surface area contributed by atoms with E-state index in [0.717, 1.165) is 49.1 Å². The Kier molecular flexibility index (Phi) is 4.87. The van der Waals surface area contributed by atoms with Gasteiger partial charge in [-0.2, -0.15) is 0 Å². The molecular weight excluding hydrogens is 250 g/mol. The minimum Gasteiger partial charge on any atom is -0.493 e. The van der Waals surface area contributed by atoms with Crippen molar-refractivity contribution >= 4 is 11.6 Å². The smallest absolute Gasteiger partial charge is 0.127 e. The fourth-order valence-corrected chi connectivity index (χ4v) is 2.33. The van der Waals surface area contributed by atoms with Gasteiger partial charge in [0, 0.05) is 30.1 Å². The van der Waals surface area contributed by atoms with Crippen LogP contribution in [0.5, 0.6) is 5.75 Å². The van der Waals surface area contributed by atoms with Crippen LogP contribution in [-0.4, -0.2) is 25.9 Å². The number of halogens is 1. The predicted molar refractivity (Wildman–Crippen MR) is 73.4 cm³/mol. The highest BCUT2D eigenvalue weighted by Crippen LogP contribution is 2.32. The molecule has 0 unspecified atom stereocenters. The summed E-state index contributed by atoms with van der Waals surface area (Å²) in [7, 11) is 0. The molecule has 0 radical (unpaired) electrons. The summed E-state index contributed by atoms with van der Waals surface area (Å²) in [5.74, 6) is 1.01. The van der Waals surface area contributed by atoms with Crippen molar-refractivity contribution < 1.29 is 9.47 Å². The molecule has 0 aromatic heterocycles. The molecule has 1 aromatic carbocycles. The average molecular weight is 270 g/mol. The summed E-state index contributed by atoms with van der Waals surface area (Å²) < 4.78 is 11.1. The number of fused-ring (bicyclic) bond motifs is 1. The molecule has 0 saturated carbocycles. The maximum absolute atomic E-state index is 6.10. The third kappa shape index (κ3) is 3.61. The minimum absolute atomic E-state index is 0.283. The zero-order chi connectivity index (χ0) is 13.0. The van der Waals surface area contributed by atoms with Crippen molar-refractivity contribution in [2.45, 2.75) is 32.9 Å². The van der Waals surface area contributed by atoms with Gasteiger partial charge in [-0.25, -0.2) is 0 Å². The Morgan fingerprint density at radius 3 is 3.06 bits per heavy atom. The van der Waals surface area contributed by atoms with E-state index in [1.54, 1.807) is 0 Å². The molecule has 1 aliphatic heterocycles. The molecule has 0 saturated heterocycles. The van der Waals surface area contributed by atoms with Gasteiger partial charge in [-0.15, -0.1) is 0 Å². The number of nitrogens with one attached hydrogen (secondary N) is 1. The van der Waals surface area contributed by atoms with E-state index in [4.69, 9.17) is 21.1 Å². The highest BCUT2D eigenvalue weighted by Gasteiger charge is 2.17. The van der Waals surface area contributed by atoms with E-state index in [1.807, 2.05) is 26.0 Å². The standard InChI is InChI=1S/C14H20ClNO2/c1-10(2)17-6-4-16-9-12-8-13(15)7-11-3-5-18-14(11)12/h7-8,10,16H,3-6,9H2,1-2H3. The Morgan fingerprint density at radius 2 is 2.28 bits per heavy atom. The van der Waals surface area contributed by atoms with Crippen molar-refractivity contribution in [3.05, 3.63) is 28.3 Å². The van der Waals surface area contributed by atoms with Gasteiger partial charge in [-0.3, -0.25) is 0 Å². The van der Waals surface area contributed by atoms with Crippen LogP contribution in [0, 0.1) is 0 Å². The maximum atomic E-state index is 6.10. The molecule has 0 atom stereocenters. The topological polar surface area (TPSA) is 30.5 Å². The van der Waals surface area contributed by atoms with Crippen molar-refractivity contribution in [1.29, 1.82) is 0 Å². The molecule has 0 bridgehead atoms. The van der Waals surface area contributed by atoms with E-state index in [2.05, 4.69) is 5.32 Å². The van der Waals surface area contributed by atoms with Crippen molar-refractivity contribution in [2.75, 3.05) is 19.8 Å². The van der Waals surface area contributed by atoms with E-state index >= 15 is 0 Å². The molecule has 18 heavy (non-hydrogen) atoms. The van der Waals surface area contributed by atoms with Crippen molar-refractivity contribution in [1.82, 2.24) is 5.32 Å². The quantitative estimate of drug-likeness (QED) is 0.806. The van der Waals surface area contributed by atoms with E-state index in [9.17, 15) is 0 Å². The lowest BCUT2D eigenvalue weighted by atomic mass is 10.1. The van der Waals surface area contributed by atoms with Gasteiger partial charge in [0.2, 0.25) is 0 Å². The Balaban J connectivity index is 1.86. The second-order valence-corrected chi connectivity index (χ2v) is 5.18. The monoisotopic (exact) mass is 269 g/mol. The lowest BCUT2D eigenvalue weighted by Crippen LogP contribution is -2.21. The molecule has 0 spiro atoms. The molecule has 3 nitrogen and oxygen atoms in total. The minimum atomic E-state index is 0.283. The van der Waals surface area contributed by atoms with Crippen LogP contribution in [0.1, 0.15) is 25.0 Å². The van der Waals surface area contributed by atoms with Crippen LogP contribution in [0.4, 0.5) is 0 Å². The number of hydrogen-bond donors (Lipinski definition) is 1. The fourth-order valence-electron chi connectivity index (χ4n) is 2.07. The summed E-state index contributed by atoms with van der Waals surface area (Å²) in [6.45, 7) is 7.17. The first kappa shape index (κ1) is 13.7. The van der Waals surface area contributed by atoms with Crippen LogP contribution in [0.25, 0.3) is 0 Å². The second kappa shape index (κ2) is 6.41. The highest BCUT2D eigenvalue weighted by molar-refractivity contribution is 6.30. The molecule has 0 fully saturated rings. The van der Waals surface area contributed by atoms with Gasteiger partial charge in [0.1, 0.15) is 5.75 Å². The first-order chi connectivity index (χ1) is 8.66. The van der Waals surface area contributed by atoms with Gasteiger partial charge in [0.05, 0.1) is 19.3 Å². The van der Waals surface area contributed by atoms with Gasteiger partial charge in [0.25, 0.3) is 0 Å². The Morgan fingerprint density at radius 1 is 1.44 bits per heavy atom. The number of rotatable bonds is 6. The lowest BCUT2D eigenvalue weighted by Gasteiger charge is -2.11. The molecule has 1 aliphatic rings. The Bertz CT molecular complexity index is 407. The molecule has 1 heterocycles. The van der Waals surface area contributed by atoms with Crippen LogP contribution in [0.15, 0.2) is 12.1 Å². The van der Waals surface area contributed by atoms with Gasteiger partial charge in [-0.1, -0.05) is 11.6 Å². The molecule has 0 aliphatic carbocycles. The Hall–Kier alpha value is -0.770. The van der Waals surface area contributed by atoms with E-state index in [1.165, 1.54) is 5.56 Å². The summed E-state index contributed by atoms with van der Waals surface area (Å²) in [5, 5.41) is 4.14. The number of hydrogen-bond acceptors (Lipinski definition) is 3. The molecule has 1 N–H and O–H groups in total. The molecule has 2 rings (SSSR count). The lowest BCUT2D eigenvalue weighted by molar-refractivity contribution is 0.0807. The van der Waals surface area contributed by atoms with Gasteiger partial charge in [-0.05, 0) is 31.5 Å². The zero-order valence-electron chi connectivity index (χ0n) is 11.0. The van der Waals surface area contributed by atoms with Crippen LogP contribution in [0.2, 0.25) is 5.02 Å². The maximum Gasteiger partial charge on any atom is 0.127 e. The first-order valence-electron chi connectivity index (χ1n) is 6.43. The summed E-state index contributed by atoms with van der Waals surface area (Å²) in [6, 6.07) is 3.97. The molecule has 1 aromatic rings. The summed E-state index contributed by atoms with van der Waals surface area (Å²) in [5.41, 5.74) is 2.36. The van der Waals surface area contributed by atoms with E-state index < -0.39 is 0 Å². The zero-order valence-corrected chi connectivity index (χ0v) is 11.7. The third-order valence-corrected chi connectivity index (χ3v) is 3.09. The number of benzene rings is 1. The Labute approximate surface area is 113 Å². The molecule has 100 valence electrons. The van der Waals surface area contributed by atoms with Crippen molar-refractivity contribution in [3.8, 4) is 5.75 Å². The van der Waals surface area contributed by atoms with Crippen LogP contribution in [-0.2, 0) is 17.7 Å². The van der Waals surface area contributed by atoms with Crippen molar-refractivity contribution in [2.24, 2.45) is 0 Å². The third-order valence-electron chi connectivity index (χ3n) is 2.87. The summed E-state index contributed by atoms with van der Waals surface area (Å²) in [4.78, 5) is 0. The fraction of sp³-hybridized carbons (Fsp3) is 0.571. The van der Waals surface area contributed by atoms with Crippen molar-refractivity contribution in [3.63, 3.8) is 0 Å². The molecule has 4 heteroatoms. The van der Waals surface area contributed by atoms with Gasteiger partial charge in [0.15, 0.2) is 0 Å². The number of ether oxygens (including phenoxy) is 2. The van der Waals surface area contributed by atoms with E-state index in [-0.39, 0.29) is 6.10 Å². The molecular formula is C14H20ClNO2. The van der Waals surface area contributed by atoms with Crippen LogP contribution < -0.4 is 10.1 Å². The first-order valence-corrected chi connectivity index (χ1v) is 6.81. The van der Waals surface area contributed by atoms with Crippen LogP contribution in [0.3, 0.4) is 0 Å². The molecule has 0 amide bonds. The average Bonchev–Trinajstić information content (AvgIpc) is 2.75. The summed E-state index contributed by atoms with van der Waals surface area (Å²) in [6.07, 6.45) is 1.24. The van der Waals surface area contributed by atoms with Crippen LogP contribution >= 0.6 is 11.6 Å². The summed E-state index contributed by atoms with van der Waals surface area (Å²) >= 11 is 6.10. The van der Waals surface area contributed by atoms with E-state index in [0.29, 0.717) is 0 Å². The SMILES string of the molecule is CC(C)OCCNCc1cc(Cl)cc2c1OCC2. The highest BCUT2D eigenvalue weighted by atomic mass is 35.5. The van der Waals surface area contributed by atoms with Gasteiger partial charge >= 0.3 is 0 Å². The predicted octanol–water partition coefficient (Wildman–Crippen LogP) is 2.79. The second-order valence-electron chi connectivity index (χ2n) is 4.75. The largest absolute Gasteiger partial charge is 0.493 e. The van der Waals surface area contributed by atoms with Gasteiger partial charge < -0.3 is 14.8 Å².